The number of nitrogens with one attached hydrogen (secondary N) is 1. The zero-order valence-electron chi connectivity index (χ0n) is 6.32. The molecule has 0 atom stereocenters. The minimum Gasteiger partial charge on any atom is -0.488 e. The molecule has 1 aliphatic heterocycles. The SMILES string of the molecule is Cl.Cl.c1cnc2c(c1)OCCN2. The van der Waals surface area contributed by atoms with Crippen molar-refractivity contribution < 1.29 is 4.74 Å². The number of ether oxygens (including phenoxy) is 1. The van der Waals surface area contributed by atoms with Gasteiger partial charge in [0, 0.05) is 6.20 Å². The minimum absolute atomic E-state index is 0. The maximum atomic E-state index is 5.30. The summed E-state index contributed by atoms with van der Waals surface area (Å²) in [6, 6.07) is 3.78. The molecule has 0 aromatic carbocycles. The number of rotatable bonds is 0. The normalized spacial score (nSPS) is 12.3. The van der Waals surface area contributed by atoms with Crippen LogP contribution in [0.15, 0.2) is 18.3 Å². The van der Waals surface area contributed by atoms with Gasteiger partial charge in [0.15, 0.2) is 11.6 Å². The van der Waals surface area contributed by atoms with Gasteiger partial charge in [0.25, 0.3) is 0 Å². The van der Waals surface area contributed by atoms with E-state index in [-0.39, 0.29) is 24.8 Å². The van der Waals surface area contributed by atoms with Crippen LogP contribution in [0.4, 0.5) is 5.82 Å². The molecule has 0 aliphatic carbocycles. The molecular formula is C7H10Cl2N2O. The molecular weight excluding hydrogens is 199 g/mol. The fraction of sp³-hybridized carbons (Fsp3) is 0.286. The number of anilines is 1. The van der Waals surface area contributed by atoms with E-state index in [9.17, 15) is 0 Å². The van der Waals surface area contributed by atoms with Gasteiger partial charge in [-0.15, -0.1) is 24.8 Å². The highest BCUT2D eigenvalue weighted by Crippen LogP contribution is 2.22. The molecule has 1 N–H and O–H groups in total. The van der Waals surface area contributed by atoms with Crippen LogP contribution in [0.5, 0.6) is 5.75 Å². The molecule has 68 valence electrons. The summed E-state index contributed by atoms with van der Waals surface area (Å²) in [6.07, 6.45) is 1.75. The Labute approximate surface area is 83.3 Å². The first kappa shape index (κ1) is 11.3. The van der Waals surface area contributed by atoms with Crippen LogP contribution in [0.1, 0.15) is 0 Å². The Bertz CT molecular complexity index is 220. The topological polar surface area (TPSA) is 34.1 Å². The molecule has 1 aliphatic rings. The van der Waals surface area contributed by atoms with Crippen molar-refractivity contribution >= 4 is 30.6 Å². The summed E-state index contributed by atoms with van der Waals surface area (Å²) in [7, 11) is 0. The van der Waals surface area contributed by atoms with Crippen molar-refractivity contribution in [2.45, 2.75) is 0 Å². The van der Waals surface area contributed by atoms with E-state index >= 15 is 0 Å². The Kier molecular flexibility index (Phi) is 4.78. The number of halogens is 2. The largest absolute Gasteiger partial charge is 0.488 e. The third kappa shape index (κ3) is 2.16. The molecule has 12 heavy (non-hydrogen) atoms. The molecule has 0 radical (unpaired) electrons. The first-order chi connectivity index (χ1) is 4.97. The highest BCUT2D eigenvalue weighted by atomic mass is 35.5. The maximum Gasteiger partial charge on any atom is 0.168 e. The Morgan fingerprint density at radius 3 is 3.00 bits per heavy atom. The fourth-order valence-electron chi connectivity index (χ4n) is 0.970. The summed E-state index contributed by atoms with van der Waals surface area (Å²) in [6.45, 7) is 1.59. The van der Waals surface area contributed by atoms with Gasteiger partial charge in [-0.3, -0.25) is 0 Å². The lowest BCUT2D eigenvalue weighted by Crippen LogP contribution is -2.18. The lowest BCUT2D eigenvalue weighted by Gasteiger charge is -2.16. The van der Waals surface area contributed by atoms with Crippen molar-refractivity contribution in [2.75, 3.05) is 18.5 Å². The van der Waals surface area contributed by atoms with Crippen LogP contribution in [0, 0.1) is 0 Å². The van der Waals surface area contributed by atoms with Crippen LogP contribution < -0.4 is 10.1 Å². The Hall–Kier alpha value is -0.670. The van der Waals surface area contributed by atoms with Gasteiger partial charge in [-0.05, 0) is 12.1 Å². The third-order valence-electron chi connectivity index (χ3n) is 1.42. The van der Waals surface area contributed by atoms with E-state index in [1.54, 1.807) is 6.20 Å². The van der Waals surface area contributed by atoms with Gasteiger partial charge in [-0.2, -0.15) is 0 Å². The molecule has 0 amide bonds. The quantitative estimate of drug-likeness (QED) is 0.706. The van der Waals surface area contributed by atoms with Gasteiger partial charge in [-0.1, -0.05) is 0 Å². The first-order valence-electron chi connectivity index (χ1n) is 3.28. The van der Waals surface area contributed by atoms with E-state index in [1.807, 2.05) is 12.1 Å². The van der Waals surface area contributed by atoms with Crippen molar-refractivity contribution in [3.63, 3.8) is 0 Å². The van der Waals surface area contributed by atoms with Crippen LogP contribution in [0.2, 0.25) is 0 Å². The molecule has 0 fully saturated rings. The number of hydrogen-bond donors (Lipinski definition) is 1. The molecule has 0 unspecified atom stereocenters. The Morgan fingerprint density at radius 2 is 2.25 bits per heavy atom. The average molecular weight is 209 g/mol. The molecule has 1 aromatic heterocycles. The molecule has 0 saturated carbocycles. The number of nitrogens with zero attached hydrogens (tertiary/aromatic N) is 1. The van der Waals surface area contributed by atoms with Crippen LogP contribution >= 0.6 is 24.8 Å². The van der Waals surface area contributed by atoms with E-state index in [2.05, 4.69) is 10.3 Å². The second-order valence-electron chi connectivity index (χ2n) is 2.13. The molecule has 3 nitrogen and oxygen atoms in total. The summed E-state index contributed by atoms with van der Waals surface area (Å²) in [4.78, 5) is 4.08. The number of aromatic nitrogens is 1. The summed E-state index contributed by atoms with van der Waals surface area (Å²) in [5.41, 5.74) is 0. The van der Waals surface area contributed by atoms with E-state index in [0.717, 1.165) is 24.7 Å². The first-order valence-corrected chi connectivity index (χ1v) is 3.28. The Morgan fingerprint density at radius 1 is 1.42 bits per heavy atom. The maximum absolute atomic E-state index is 5.30. The summed E-state index contributed by atoms with van der Waals surface area (Å²) in [5.74, 6) is 1.71. The average Bonchev–Trinajstić information content (AvgIpc) is 2.05. The van der Waals surface area contributed by atoms with Gasteiger partial charge < -0.3 is 10.1 Å². The van der Waals surface area contributed by atoms with Crippen LogP contribution in [0.25, 0.3) is 0 Å². The van der Waals surface area contributed by atoms with Gasteiger partial charge in [0.1, 0.15) is 6.61 Å². The fourth-order valence-corrected chi connectivity index (χ4v) is 0.970. The minimum atomic E-state index is 0. The van der Waals surface area contributed by atoms with E-state index in [0.29, 0.717) is 0 Å². The molecule has 2 rings (SSSR count). The second kappa shape index (κ2) is 5.06. The van der Waals surface area contributed by atoms with Crippen LogP contribution in [-0.4, -0.2) is 18.1 Å². The Balaban J connectivity index is 0.000000605. The molecule has 5 heteroatoms. The van der Waals surface area contributed by atoms with Gasteiger partial charge in [0.2, 0.25) is 0 Å². The van der Waals surface area contributed by atoms with E-state index in [4.69, 9.17) is 4.74 Å². The van der Waals surface area contributed by atoms with Crippen LogP contribution in [0.3, 0.4) is 0 Å². The van der Waals surface area contributed by atoms with E-state index in [1.165, 1.54) is 0 Å². The van der Waals surface area contributed by atoms with Gasteiger partial charge >= 0.3 is 0 Å². The number of fused-ring (bicyclic) bond motifs is 1. The molecule has 2 heterocycles. The lowest BCUT2D eigenvalue weighted by atomic mass is 10.4. The summed E-state index contributed by atoms with van der Waals surface area (Å²) >= 11 is 0. The van der Waals surface area contributed by atoms with Crippen molar-refractivity contribution in [3.8, 4) is 5.75 Å². The highest BCUT2D eigenvalue weighted by Gasteiger charge is 2.07. The molecule has 0 bridgehead atoms. The molecule has 0 spiro atoms. The van der Waals surface area contributed by atoms with Crippen molar-refractivity contribution in [1.82, 2.24) is 4.98 Å². The van der Waals surface area contributed by atoms with Crippen molar-refractivity contribution in [1.29, 1.82) is 0 Å². The number of pyridine rings is 1. The smallest absolute Gasteiger partial charge is 0.168 e. The zero-order valence-corrected chi connectivity index (χ0v) is 7.95. The second-order valence-corrected chi connectivity index (χ2v) is 2.13. The van der Waals surface area contributed by atoms with Gasteiger partial charge in [-0.25, -0.2) is 4.98 Å². The molecule has 1 aromatic rings. The highest BCUT2D eigenvalue weighted by molar-refractivity contribution is 5.85. The number of hydrogen-bond acceptors (Lipinski definition) is 3. The van der Waals surface area contributed by atoms with Crippen molar-refractivity contribution in [3.05, 3.63) is 18.3 Å². The van der Waals surface area contributed by atoms with Crippen molar-refractivity contribution in [2.24, 2.45) is 0 Å². The van der Waals surface area contributed by atoms with E-state index < -0.39 is 0 Å². The van der Waals surface area contributed by atoms with Crippen LogP contribution in [-0.2, 0) is 0 Å². The predicted octanol–water partition coefficient (Wildman–Crippen LogP) is 1.73. The van der Waals surface area contributed by atoms with Gasteiger partial charge in [0.05, 0.1) is 6.54 Å². The summed E-state index contributed by atoms with van der Waals surface area (Å²) in [5, 5.41) is 3.13. The summed E-state index contributed by atoms with van der Waals surface area (Å²) < 4.78 is 5.30. The molecule has 0 saturated heterocycles. The predicted molar refractivity (Wildman–Crippen MR) is 52.7 cm³/mol. The monoisotopic (exact) mass is 208 g/mol. The third-order valence-corrected chi connectivity index (χ3v) is 1.42. The standard InChI is InChI=1S/C7H8N2O.2ClH/c1-2-6-7(8-3-1)9-4-5-10-6;;/h1-3H,4-5H2,(H,8,9);2*1H. The zero-order chi connectivity index (χ0) is 6.81. The lowest BCUT2D eigenvalue weighted by molar-refractivity contribution is 0.321.